The largest absolute Gasteiger partial charge is 0.327 e. The summed E-state index contributed by atoms with van der Waals surface area (Å²) in [5, 5.41) is 11.5. The van der Waals surface area contributed by atoms with Crippen LogP contribution in [-0.4, -0.2) is 11.0 Å². The zero-order chi connectivity index (χ0) is 13.9. The van der Waals surface area contributed by atoms with Crippen LogP contribution in [0.1, 0.15) is 25.8 Å². The first-order chi connectivity index (χ1) is 8.31. The number of hydrogen-bond donors (Lipinski definition) is 1. The molecule has 0 aliphatic carbocycles. The van der Waals surface area contributed by atoms with Gasteiger partial charge in [-0.25, -0.2) is 0 Å². The summed E-state index contributed by atoms with van der Waals surface area (Å²) in [5.74, 6) is 0.446. The van der Waals surface area contributed by atoms with Crippen LogP contribution in [0.25, 0.3) is 0 Å². The molecule has 0 radical (unpaired) electrons. The molecule has 1 atom stereocenters. The number of nitrogens with zero attached hydrogens (tertiary/aromatic N) is 1. The van der Waals surface area contributed by atoms with Crippen LogP contribution in [-0.2, 0) is 6.42 Å². The summed E-state index contributed by atoms with van der Waals surface area (Å²) in [4.78, 5) is 10.5. The molecule has 0 amide bonds. The van der Waals surface area contributed by atoms with Crippen molar-refractivity contribution in [2.75, 3.05) is 0 Å². The van der Waals surface area contributed by atoms with Crippen LogP contribution in [0, 0.1) is 16.0 Å². The van der Waals surface area contributed by atoms with E-state index in [0.717, 1.165) is 6.42 Å². The number of halogens is 2. The molecule has 100 valence electrons. The van der Waals surface area contributed by atoms with Gasteiger partial charge in [0.2, 0.25) is 0 Å². The van der Waals surface area contributed by atoms with E-state index < -0.39 is 4.92 Å². The molecule has 0 fully saturated rings. The van der Waals surface area contributed by atoms with E-state index in [-0.39, 0.29) is 16.8 Å². The van der Waals surface area contributed by atoms with Gasteiger partial charge in [0.05, 0.1) is 15.0 Å². The Morgan fingerprint density at radius 1 is 1.33 bits per heavy atom. The summed E-state index contributed by atoms with van der Waals surface area (Å²) in [6.07, 6.45) is 1.22. The maximum atomic E-state index is 11.0. The first kappa shape index (κ1) is 15.2. The molecule has 0 saturated carbocycles. The lowest BCUT2D eigenvalue weighted by Gasteiger charge is -2.14. The van der Waals surface area contributed by atoms with E-state index in [1.807, 2.05) is 0 Å². The van der Waals surface area contributed by atoms with Crippen molar-refractivity contribution in [3.63, 3.8) is 0 Å². The lowest BCUT2D eigenvalue weighted by Crippen LogP contribution is -2.25. The number of nitrogens with two attached hydrogens (primary N) is 1. The van der Waals surface area contributed by atoms with E-state index in [1.54, 1.807) is 0 Å². The van der Waals surface area contributed by atoms with E-state index in [0.29, 0.717) is 22.9 Å². The summed E-state index contributed by atoms with van der Waals surface area (Å²) < 4.78 is 0. The molecule has 1 aromatic rings. The van der Waals surface area contributed by atoms with Gasteiger partial charge in [0.1, 0.15) is 0 Å². The summed E-state index contributed by atoms with van der Waals surface area (Å²) in [6.45, 7) is 4.12. The highest BCUT2D eigenvalue weighted by atomic mass is 35.5. The fourth-order valence-corrected chi connectivity index (χ4v) is 2.23. The van der Waals surface area contributed by atoms with Gasteiger partial charge < -0.3 is 5.73 Å². The van der Waals surface area contributed by atoms with Gasteiger partial charge in [-0.2, -0.15) is 0 Å². The molecule has 6 heteroatoms. The minimum Gasteiger partial charge on any atom is -0.327 e. The minimum absolute atomic E-state index is 0.0244. The maximum absolute atomic E-state index is 11.0. The normalized spacial score (nSPS) is 12.8. The van der Waals surface area contributed by atoms with Gasteiger partial charge in [-0.15, -0.1) is 0 Å². The Morgan fingerprint density at radius 2 is 1.89 bits per heavy atom. The van der Waals surface area contributed by atoms with Gasteiger partial charge in [-0.3, -0.25) is 10.1 Å². The van der Waals surface area contributed by atoms with Crippen LogP contribution >= 0.6 is 23.2 Å². The average Bonchev–Trinajstić information content (AvgIpc) is 2.21. The molecule has 0 bridgehead atoms. The number of benzene rings is 1. The van der Waals surface area contributed by atoms with Gasteiger partial charge in [0.25, 0.3) is 5.69 Å². The first-order valence-electron chi connectivity index (χ1n) is 5.69. The average molecular weight is 291 g/mol. The lowest BCUT2D eigenvalue weighted by molar-refractivity contribution is -0.385. The SMILES string of the molecule is CC(C)CC(N)Cc1cc(Cl)c(Cl)cc1[N+](=O)[O-]. The Hall–Kier alpha value is -0.840. The molecular formula is C12H16Cl2N2O2. The van der Waals surface area contributed by atoms with Gasteiger partial charge in [-0.05, 0) is 24.8 Å². The van der Waals surface area contributed by atoms with E-state index in [9.17, 15) is 10.1 Å². The smallest absolute Gasteiger partial charge is 0.274 e. The summed E-state index contributed by atoms with van der Waals surface area (Å²) in [5.41, 5.74) is 6.47. The topological polar surface area (TPSA) is 69.2 Å². The number of nitro benzene ring substituents is 1. The molecule has 0 spiro atoms. The molecule has 1 rings (SSSR count). The van der Waals surface area contributed by atoms with E-state index in [4.69, 9.17) is 28.9 Å². The molecule has 2 N–H and O–H groups in total. The first-order valence-corrected chi connectivity index (χ1v) is 6.44. The van der Waals surface area contributed by atoms with Crippen molar-refractivity contribution in [1.82, 2.24) is 0 Å². The van der Waals surface area contributed by atoms with Crippen molar-refractivity contribution in [3.8, 4) is 0 Å². The van der Waals surface area contributed by atoms with Crippen LogP contribution in [0.2, 0.25) is 10.0 Å². The Kier molecular flexibility index (Phi) is 5.38. The third-order valence-corrected chi connectivity index (χ3v) is 3.30. The fraction of sp³-hybridized carbons (Fsp3) is 0.500. The second-order valence-corrected chi connectivity index (χ2v) is 5.56. The van der Waals surface area contributed by atoms with Gasteiger partial charge >= 0.3 is 0 Å². The zero-order valence-corrected chi connectivity index (χ0v) is 11.8. The number of nitro groups is 1. The quantitative estimate of drug-likeness (QED) is 0.662. The maximum Gasteiger partial charge on any atom is 0.274 e. The molecular weight excluding hydrogens is 275 g/mol. The molecule has 18 heavy (non-hydrogen) atoms. The van der Waals surface area contributed by atoms with Crippen LogP contribution < -0.4 is 5.73 Å². The third kappa shape index (κ3) is 4.12. The van der Waals surface area contributed by atoms with Crippen LogP contribution in [0.3, 0.4) is 0 Å². The monoisotopic (exact) mass is 290 g/mol. The Balaban J connectivity index is 3.00. The van der Waals surface area contributed by atoms with E-state index >= 15 is 0 Å². The van der Waals surface area contributed by atoms with Gasteiger partial charge in [0, 0.05) is 17.7 Å². The Bertz CT molecular complexity index is 450. The summed E-state index contributed by atoms with van der Waals surface area (Å²) in [7, 11) is 0. The van der Waals surface area contributed by atoms with Crippen molar-refractivity contribution >= 4 is 28.9 Å². The third-order valence-electron chi connectivity index (χ3n) is 2.57. The number of rotatable bonds is 5. The zero-order valence-electron chi connectivity index (χ0n) is 10.3. The molecule has 0 aliphatic rings. The predicted octanol–water partition coefficient (Wildman–Crippen LogP) is 3.82. The van der Waals surface area contributed by atoms with Gasteiger partial charge in [-0.1, -0.05) is 37.0 Å². The standard InChI is InChI=1S/C12H16Cl2N2O2/c1-7(2)3-9(15)4-8-5-10(13)11(14)6-12(8)16(17)18/h5-7,9H,3-4,15H2,1-2H3. The van der Waals surface area contributed by atoms with Crippen molar-refractivity contribution in [2.24, 2.45) is 11.7 Å². The van der Waals surface area contributed by atoms with E-state index in [2.05, 4.69) is 13.8 Å². The minimum atomic E-state index is -0.459. The highest BCUT2D eigenvalue weighted by molar-refractivity contribution is 6.42. The van der Waals surface area contributed by atoms with Crippen LogP contribution in [0.15, 0.2) is 12.1 Å². The number of hydrogen-bond acceptors (Lipinski definition) is 3. The Morgan fingerprint density at radius 3 is 2.39 bits per heavy atom. The predicted molar refractivity (Wildman–Crippen MR) is 74.3 cm³/mol. The highest BCUT2D eigenvalue weighted by Gasteiger charge is 2.19. The molecule has 0 saturated heterocycles. The fourth-order valence-electron chi connectivity index (χ4n) is 1.88. The summed E-state index contributed by atoms with van der Waals surface area (Å²) in [6, 6.07) is 2.68. The van der Waals surface area contributed by atoms with Crippen molar-refractivity contribution in [3.05, 3.63) is 37.9 Å². The van der Waals surface area contributed by atoms with Crippen molar-refractivity contribution < 1.29 is 4.92 Å². The highest BCUT2D eigenvalue weighted by Crippen LogP contribution is 2.31. The summed E-state index contributed by atoms with van der Waals surface area (Å²) >= 11 is 11.7. The second-order valence-electron chi connectivity index (χ2n) is 4.75. The molecule has 1 unspecified atom stereocenters. The van der Waals surface area contributed by atoms with Crippen molar-refractivity contribution in [1.29, 1.82) is 0 Å². The lowest BCUT2D eigenvalue weighted by atomic mass is 9.97. The van der Waals surface area contributed by atoms with Crippen molar-refractivity contribution in [2.45, 2.75) is 32.7 Å². The molecule has 0 heterocycles. The molecule has 4 nitrogen and oxygen atoms in total. The van der Waals surface area contributed by atoms with Gasteiger partial charge in [0.15, 0.2) is 0 Å². The molecule has 1 aromatic carbocycles. The second kappa shape index (κ2) is 6.36. The van der Waals surface area contributed by atoms with Crippen LogP contribution in [0.5, 0.6) is 0 Å². The Labute approximate surface area is 116 Å². The molecule has 0 aliphatic heterocycles. The van der Waals surface area contributed by atoms with E-state index in [1.165, 1.54) is 12.1 Å². The molecule has 0 aromatic heterocycles. The van der Waals surface area contributed by atoms with Crippen LogP contribution in [0.4, 0.5) is 5.69 Å².